The number of carbonyl (C=O) groups excluding carboxylic acids is 1. The zero-order chi connectivity index (χ0) is 18.8. The molecule has 0 radical (unpaired) electrons. The van der Waals surface area contributed by atoms with Crippen LogP contribution >= 0.6 is 11.8 Å². The highest BCUT2D eigenvalue weighted by molar-refractivity contribution is 8.00. The Morgan fingerprint density at radius 1 is 1.48 bits per heavy atom. The molecule has 25 heavy (non-hydrogen) atoms. The zero-order valence-electron chi connectivity index (χ0n) is 14.4. The molecule has 0 saturated heterocycles. The summed E-state index contributed by atoms with van der Waals surface area (Å²) in [5.74, 6) is -0.602. The van der Waals surface area contributed by atoms with E-state index in [4.69, 9.17) is 0 Å². The molecule has 8 heteroatoms. The highest BCUT2D eigenvalue weighted by atomic mass is 32.2. The van der Waals surface area contributed by atoms with E-state index in [-0.39, 0.29) is 11.7 Å². The van der Waals surface area contributed by atoms with Crippen molar-refractivity contribution in [3.63, 3.8) is 0 Å². The van der Waals surface area contributed by atoms with E-state index < -0.39 is 24.7 Å². The van der Waals surface area contributed by atoms with Gasteiger partial charge in [-0.15, -0.1) is 0 Å². The first kappa shape index (κ1) is 19.6. The fourth-order valence-electron chi connectivity index (χ4n) is 2.74. The lowest BCUT2D eigenvalue weighted by atomic mass is 10.1. The van der Waals surface area contributed by atoms with Gasteiger partial charge in [0.1, 0.15) is 17.6 Å². The third-order valence-electron chi connectivity index (χ3n) is 4.22. The van der Waals surface area contributed by atoms with E-state index in [0.717, 1.165) is 35.1 Å². The van der Waals surface area contributed by atoms with Crippen LogP contribution in [0.25, 0.3) is 0 Å². The predicted molar refractivity (Wildman–Crippen MR) is 89.1 cm³/mol. The molecule has 0 N–H and O–H groups in total. The molecule has 1 saturated carbocycles. The minimum atomic E-state index is -4.43. The van der Waals surface area contributed by atoms with Crippen LogP contribution < -0.4 is 0 Å². The third kappa shape index (κ3) is 5.36. The number of hydrogen-bond acceptors (Lipinski definition) is 4. The smallest absolute Gasteiger partial charge is 0.330 e. The number of rotatable bonds is 6. The van der Waals surface area contributed by atoms with E-state index in [1.54, 1.807) is 26.8 Å². The Labute approximate surface area is 149 Å². The van der Waals surface area contributed by atoms with Crippen molar-refractivity contribution in [2.24, 2.45) is 5.92 Å². The molecule has 1 fully saturated rings. The molecule has 1 aromatic rings. The molecule has 1 amide bonds. The molecule has 0 aliphatic heterocycles. The quantitative estimate of drug-likeness (QED) is 0.713. The molecule has 136 valence electrons. The van der Waals surface area contributed by atoms with Crippen LogP contribution in [0, 0.1) is 31.1 Å². The molecular weight excluding hydrogens is 351 g/mol. The minimum absolute atomic E-state index is 0.144. The van der Waals surface area contributed by atoms with Gasteiger partial charge in [-0.05, 0) is 51.2 Å². The van der Waals surface area contributed by atoms with Crippen LogP contribution in [-0.2, 0) is 4.79 Å². The van der Waals surface area contributed by atoms with Crippen molar-refractivity contribution in [1.82, 2.24) is 9.88 Å². The Bertz CT molecular complexity index is 696. The summed E-state index contributed by atoms with van der Waals surface area (Å²) in [6.45, 7) is 3.96. The number of hydrogen-bond donors (Lipinski definition) is 0. The molecule has 4 nitrogen and oxygen atoms in total. The second kappa shape index (κ2) is 7.65. The topological polar surface area (TPSA) is 57.0 Å². The molecule has 1 heterocycles. The van der Waals surface area contributed by atoms with E-state index in [2.05, 4.69) is 4.98 Å². The van der Waals surface area contributed by atoms with Gasteiger partial charge in [0.2, 0.25) is 5.91 Å². The third-order valence-corrected chi connectivity index (χ3v) is 5.18. The van der Waals surface area contributed by atoms with Gasteiger partial charge < -0.3 is 4.90 Å². The summed E-state index contributed by atoms with van der Waals surface area (Å²) in [7, 11) is 0. The van der Waals surface area contributed by atoms with Crippen molar-refractivity contribution < 1.29 is 18.0 Å². The number of aryl methyl sites for hydroxylation is 2. The molecule has 1 aliphatic carbocycles. The van der Waals surface area contributed by atoms with Crippen molar-refractivity contribution in [1.29, 1.82) is 5.26 Å². The Hall–Kier alpha value is -1.75. The van der Waals surface area contributed by atoms with Crippen LogP contribution in [0.5, 0.6) is 0 Å². The van der Waals surface area contributed by atoms with Crippen molar-refractivity contribution in [2.75, 3.05) is 12.3 Å². The lowest BCUT2D eigenvalue weighted by Gasteiger charge is -2.30. The molecule has 1 unspecified atom stereocenters. The highest BCUT2D eigenvalue weighted by Gasteiger charge is 2.40. The van der Waals surface area contributed by atoms with E-state index in [0.29, 0.717) is 16.3 Å². The van der Waals surface area contributed by atoms with E-state index in [1.807, 2.05) is 6.07 Å². The average molecular weight is 371 g/mol. The van der Waals surface area contributed by atoms with Crippen LogP contribution in [0.3, 0.4) is 0 Å². The van der Waals surface area contributed by atoms with Crippen molar-refractivity contribution >= 4 is 17.7 Å². The molecular formula is C17H20F3N3OS. The average Bonchev–Trinajstić information content (AvgIpc) is 3.33. The van der Waals surface area contributed by atoms with Gasteiger partial charge in [-0.2, -0.15) is 18.4 Å². The number of carbonyl (C=O) groups is 1. The standard InChI is InChI=1S/C17H20F3N3OS/c1-10-6-11(2)22-16(14(10)7-21)25-8-15(24)23(9-17(18,19)20)12(3)13-4-5-13/h6,12-13H,4-5,8-9H2,1-3H3. The van der Waals surface area contributed by atoms with E-state index in [1.165, 1.54) is 0 Å². The second-order valence-electron chi connectivity index (χ2n) is 6.38. The van der Waals surface area contributed by atoms with Gasteiger partial charge in [-0.3, -0.25) is 4.79 Å². The molecule has 1 atom stereocenters. The van der Waals surface area contributed by atoms with Crippen LogP contribution in [0.1, 0.15) is 36.6 Å². The van der Waals surface area contributed by atoms with Crippen molar-refractivity contribution in [2.45, 2.75) is 50.9 Å². The van der Waals surface area contributed by atoms with Gasteiger partial charge in [0.05, 0.1) is 11.3 Å². The zero-order valence-corrected chi connectivity index (χ0v) is 15.2. The number of nitrogens with zero attached hydrogens (tertiary/aromatic N) is 3. The van der Waals surface area contributed by atoms with Crippen LogP contribution in [0.4, 0.5) is 13.2 Å². The van der Waals surface area contributed by atoms with Crippen molar-refractivity contribution in [3.8, 4) is 6.07 Å². The van der Waals surface area contributed by atoms with Crippen LogP contribution in [0.15, 0.2) is 11.1 Å². The second-order valence-corrected chi connectivity index (χ2v) is 7.34. The van der Waals surface area contributed by atoms with Gasteiger partial charge in [0.25, 0.3) is 0 Å². The highest BCUT2D eigenvalue weighted by Crippen LogP contribution is 2.36. The molecule has 2 rings (SSSR count). The summed E-state index contributed by atoms with van der Waals surface area (Å²) < 4.78 is 38.5. The molecule has 0 bridgehead atoms. The molecule has 1 aliphatic rings. The van der Waals surface area contributed by atoms with Gasteiger partial charge in [-0.25, -0.2) is 4.98 Å². The predicted octanol–water partition coefficient (Wildman–Crippen LogP) is 3.85. The van der Waals surface area contributed by atoms with Gasteiger partial charge in [0, 0.05) is 11.7 Å². The largest absolute Gasteiger partial charge is 0.406 e. The number of halogens is 3. The Kier molecular flexibility index (Phi) is 5.99. The maximum absolute atomic E-state index is 12.8. The van der Waals surface area contributed by atoms with Crippen molar-refractivity contribution in [3.05, 3.63) is 22.9 Å². The first-order valence-electron chi connectivity index (χ1n) is 7.99. The Morgan fingerprint density at radius 2 is 2.12 bits per heavy atom. The van der Waals surface area contributed by atoms with E-state index in [9.17, 15) is 23.2 Å². The normalized spacial score (nSPS) is 15.6. The van der Waals surface area contributed by atoms with Crippen LogP contribution in [-0.4, -0.2) is 40.3 Å². The number of alkyl halides is 3. The Balaban J connectivity index is 2.12. The van der Waals surface area contributed by atoms with E-state index >= 15 is 0 Å². The fraction of sp³-hybridized carbons (Fsp3) is 0.588. The summed E-state index contributed by atoms with van der Waals surface area (Å²) in [6, 6.07) is 3.37. The number of amides is 1. The minimum Gasteiger partial charge on any atom is -0.330 e. The lowest BCUT2D eigenvalue weighted by molar-refractivity contribution is -0.164. The molecule has 0 aromatic carbocycles. The molecule has 0 spiro atoms. The van der Waals surface area contributed by atoms with Gasteiger partial charge in [0.15, 0.2) is 0 Å². The maximum Gasteiger partial charge on any atom is 0.406 e. The summed E-state index contributed by atoms with van der Waals surface area (Å²) in [6.07, 6.45) is -2.72. The molecule has 1 aromatic heterocycles. The summed E-state index contributed by atoms with van der Waals surface area (Å²) >= 11 is 1.02. The SMILES string of the molecule is Cc1cc(C)c(C#N)c(SCC(=O)N(CC(F)(F)F)C(C)C2CC2)n1. The number of aromatic nitrogens is 1. The lowest BCUT2D eigenvalue weighted by Crippen LogP contribution is -2.46. The number of pyridine rings is 1. The first-order valence-corrected chi connectivity index (χ1v) is 8.98. The monoisotopic (exact) mass is 371 g/mol. The fourth-order valence-corrected chi connectivity index (χ4v) is 3.73. The number of nitriles is 1. The maximum atomic E-state index is 12.8. The summed E-state index contributed by atoms with van der Waals surface area (Å²) in [5.41, 5.74) is 1.80. The van der Waals surface area contributed by atoms with Gasteiger partial charge in [-0.1, -0.05) is 11.8 Å². The summed E-state index contributed by atoms with van der Waals surface area (Å²) in [4.78, 5) is 17.6. The number of thioether (sulfide) groups is 1. The first-order chi connectivity index (χ1) is 11.6. The summed E-state index contributed by atoms with van der Waals surface area (Å²) in [5, 5.41) is 9.63. The van der Waals surface area contributed by atoms with Gasteiger partial charge >= 0.3 is 6.18 Å². The van der Waals surface area contributed by atoms with Crippen LogP contribution in [0.2, 0.25) is 0 Å². The Morgan fingerprint density at radius 3 is 2.64 bits per heavy atom.